The molecule has 1 saturated carbocycles. The lowest BCUT2D eigenvalue weighted by atomic mass is 9.97. The molecule has 0 amide bonds. The van der Waals surface area contributed by atoms with E-state index in [1.165, 1.54) is 30.4 Å². The molecule has 1 aromatic carbocycles. The van der Waals surface area contributed by atoms with Crippen LogP contribution >= 0.6 is 0 Å². The van der Waals surface area contributed by atoms with Crippen molar-refractivity contribution in [1.82, 2.24) is 15.5 Å². The summed E-state index contributed by atoms with van der Waals surface area (Å²) in [6, 6.07) is 10.3. The average Bonchev–Trinajstić information content (AvgIpc) is 3.17. The predicted octanol–water partition coefficient (Wildman–Crippen LogP) is 2.57. The number of hydrogen-bond donors (Lipinski definition) is 3. The van der Waals surface area contributed by atoms with E-state index in [2.05, 4.69) is 27.6 Å². The van der Waals surface area contributed by atoms with E-state index >= 15 is 0 Å². The first-order chi connectivity index (χ1) is 10.4. The van der Waals surface area contributed by atoms with Crippen LogP contribution in [0.15, 0.2) is 36.5 Å². The summed E-state index contributed by atoms with van der Waals surface area (Å²) in [6.07, 6.45) is 5.55. The van der Waals surface area contributed by atoms with Crippen LogP contribution in [0.1, 0.15) is 24.8 Å². The smallest absolute Gasteiger partial charge is 0.0695 e. The Kier molecular flexibility index (Phi) is 4.68. The lowest BCUT2D eigenvalue weighted by Gasteiger charge is -2.17. The van der Waals surface area contributed by atoms with E-state index in [4.69, 9.17) is 0 Å². The van der Waals surface area contributed by atoms with Gasteiger partial charge in [-0.05, 0) is 36.8 Å². The van der Waals surface area contributed by atoms with Crippen molar-refractivity contribution in [2.75, 3.05) is 13.2 Å². The summed E-state index contributed by atoms with van der Waals surface area (Å²) in [5.41, 5.74) is 3.45. The van der Waals surface area contributed by atoms with E-state index in [1.807, 2.05) is 24.4 Å². The van der Waals surface area contributed by atoms with Gasteiger partial charge in [0.05, 0.1) is 11.9 Å². The largest absolute Gasteiger partial charge is 0.396 e. The lowest BCUT2D eigenvalue weighted by molar-refractivity contribution is 0.192. The fourth-order valence-corrected chi connectivity index (χ4v) is 3.31. The van der Waals surface area contributed by atoms with Gasteiger partial charge < -0.3 is 10.4 Å². The third-order valence-corrected chi connectivity index (χ3v) is 4.55. The van der Waals surface area contributed by atoms with Gasteiger partial charge in [-0.25, -0.2) is 0 Å². The molecule has 0 bridgehead atoms. The van der Waals surface area contributed by atoms with Crippen LogP contribution in [0.4, 0.5) is 0 Å². The molecule has 1 heterocycles. The van der Waals surface area contributed by atoms with E-state index in [1.54, 1.807) is 0 Å². The first-order valence-electron chi connectivity index (χ1n) is 7.77. The van der Waals surface area contributed by atoms with Crippen LogP contribution in [0.25, 0.3) is 11.3 Å². The number of nitrogens with zero attached hydrogens (tertiary/aromatic N) is 1. The van der Waals surface area contributed by atoms with Crippen LogP contribution < -0.4 is 5.32 Å². The van der Waals surface area contributed by atoms with Gasteiger partial charge in [-0.2, -0.15) is 5.10 Å². The van der Waals surface area contributed by atoms with E-state index in [-0.39, 0.29) is 0 Å². The number of aliphatic hydroxyl groups is 1. The molecule has 4 nitrogen and oxygen atoms in total. The molecule has 1 aromatic heterocycles. The summed E-state index contributed by atoms with van der Waals surface area (Å²) in [5, 5.41) is 20.2. The minimum atomic E-state index is 0.327. The third kappa shape index (κ3) is 3.34. The average molecular weight is 285 g/mol. The number of nitrogens with one attached hydrogen (secondary N) is 2. The fraction of sp³-hybridized carbons (Fsp3) is 0.471. The maximum atomic E-state index is 9.37. The fourth-order valence-electron chi connectivity index (χ4n) is 3.31. The highest BCUT2D eigenvalue weighted by molar-refractivity contribution is 5.62. The summed E-state index contributed by atoms with van der Waals surface area (Å²) in [7, 11) is 0. The van der Waals surface area contributed by atoms with E-state index in [0.717, 1.165) is 18.8 Å². The number of aromatic amines is 1. The highest BCUT2D eigenvalue weighted by atomic mass is 16.3. The molecule has 3 rings (SSSR count). The Labute approximate surface area is 125 Å². The molecule has 1 aliphatic rings. The Morgan fingerprint density at radius 2 is 2.00 bits per heavy atom. The quantitative estimate of drug-likeness (QED) is 0.764. The first-order valence-corrected chi connectivity index (χ1v) is 7.77. The van der Waals surface area contributed by atoms with Crippen LogP contribution in [-0.4, -0.2) is 28.5 Å². The van der Waals surface area contributed by atoms with Crippen molar-refractivity contribution in [2.45, 2.75) is 25.8 Å². The monoisotopic (exact) mass is 285 g/mol. The maximum absolute atomic E-state index is 9.37. The Hall–Kier alpha value is -1.65. The summed E-state index contributed by atoms with van der Waals surface area (Å²) in [6.45, 7) is 2.12. The molecule has 2 aromatic rings. The zero-order chi connectivity index (χ0) is 14.5. The zero-order valence-electron chi connectivity index (χ0n) is 12.3. The number of H-pyrrole nitrogens is 1. The van der Waals surface area contributed by atoms with Crippen LogP contribution in [0.3, 0.4) is 0 Å². The second kappa shape index (κ2) is 6.87. The first kappa shape index (κ1) is 14.3. The Bertz CT molecular complexity index is 552. The van der Waals surface area contributed by atoms with Gasteiger partial charge in [0.25, 0.3) is 0 Å². The summed E-state index contributed by atoms with van der Waals surface area (Å²) < 4.78 is 0. The molecule has 4 heteroatoms. The molecular weight excluding hydrogens is 262 g/mol. The van der Waals surface area contributed by atoms with Gasteiger partial charge in [0.2, 0.25) is 0 Å². The van der Waals surface area contributed by atoms with Gasteiger partial charge in [-0.15, -0.1) is 0 Å². The summed E-state index contributed by atoms with van der Waals surface area (Å²) >= 11 is 0. The number of benzene rings is 1. The summed E-state index contributed by atoms with van der Waals surface area (Å²) in [4.78, 5) is 0. The molecule has 112 valence electrons. The molecule has 1 aliphatic carbocycles. The van der Waals surface area contributed by atoms with Crippen molar-refractivity contribution in [3.05, 3.63) is 42.1 Å². The van der Waals surface area contributed by atoms with Crippen LogP contribution in [0.2, 0.25) is 0 Å². The van der Waals surface area contributed by atoms with E-state index in [9.17, 15) is 5.11 Å². The van der Waals surface area contributed by atoms with Gasteiger partial charge in [-0.1, -0.05) is 36.8 Å². The minimum Gasteiger partial charge on any atom is -0.396 e. The molecule has 3 N–H and O–H groups in total. The van der Waals surface area contributed by atoms with Crippen LogP contribution in [0, 0.1) is 11.8 Å². The Morgan fingerprint density at radius 3 is 2.81 bits per heavy atom. The predicted molar refractivity (Wildman–Crippen MR) is 83.6 cm³/mol. The molecule has 0 saturated heterocycles. The molecule has 2 atom stereocenters. The van der Waals surface area contributed by atoms with E-state index < -0.39 is 0 Å². The lowest BCUT2D eigenvalue weighted by Crippen LogP contribution is -2.26. The number of aromatic nitrogens is 2. The number of aliphatic hydroxyl groups excluding tert-OH is 1. The van der Waals surface area contributed by atoms with Crippen molar-refractivity contribution in [2.24, 2.45) is 11.8 Å². The van der Waals surface area contributed by atoms with E-state index in [0.29, 0.717) is 18.4 Å². The zero-order valence-corrected chi connectivity index (χ0v) is 12.3. The topological polar surface area (TPSA) is 60.9 Å². The van der Waals surface area contributed by atoms with Gasteiger partial charge in [0.15, 0.2) is 0 Å². The van der Waals surface area contributed by atoms with Crippen LogP contribution in [0.5, 0.6) is 0 Å². The molecule has 0 radical (unpaired) electrons. The Balaban J connectivity index is 1.58. The second-order valence-electron chi connectivity index (χ2n) is 5.90. The Morgan fingerprint density at radius 1 is 1.19 bits per heavy atom. The molecular formula is C17H23N3O. The second-order valence-corrected chi connectivity index (χ2v) is 5.90. The van der Waals surface area contributed by atoms with Gasteiger partial charge in [-0.3, -0.25) is 5.10 Å². The minimum absolute atomic E-state index is 0.327. The van der Waals surface area contributed by atoms with Gasteiger partial charge >= 0.3 is 0 Å². The van der Waals surface area contributed by atoms with Crippen molar-refractivity contribution in [1.29, 1.82) is 0 Å². The standard InChI is InChI=1S/C17H23N3O/c21-12-15-8-4-7-14(15)9-18-10-16-11-19-20-17(16)13-5-2-1-3-6-13/h1-3,5-6,11,14-15,18,21H,4,7-10,12H2,(H,19,20). The molecule has 1 fully saturated rings. The maximum Gasteiger partial charge on any atom is 0.0695 e. The number of hydrogen-bond acceptors (Lipinski definition) is 3. The highest BCUT2D eigenvalue weighted by Crippen LogP contribution is 2.30. The van der Waals surface area contributed by atoms with Crippen molar-refractivity contribution in [3.8, 4) is 11.3 Å². The summed E-state index contributed by atoms with van der Waals surface area (Å²) in [5.74, 6) is 1.09. The SMILES string of the molecule is OCC1CCCC1CNCc1cn[nH]c1-c1ccccc1. The molecule has 2 unspecified atom stereocenters. The van der Waals surface area contributed by atoms with Crippen molar-refractivity contribution in [3.63, 3.8) is 0 Å². The van der Waals surface area contributed by atoms with Crippen molar-refractivity contribution >= 4 is 0 Å². The number of rotatable bonds is 6. The molecule has 0 aliphatic heterocycles. The van der Waals surface area contributed by atoms with Crippen LogP contribution in [-0.2, 0) is 6.54 Å². The molecule has 0 spiro atoms. The molecule has 21 heavy (non-hydrogen) atoms. The van der Waals surface area contributed by atoms with Gasteiger partial charge in [0.1, 0.15) is 0 Å². The van der Waals surface area contributed by atoms with Crippen molar-refractivity contribution < 1.29 is 5.11 Å². The highest BCUT2D eigenvalue weighted by Gasteiger charge is 2.25. The van der Waals surface area contributed by atoms with Gasteiger partial charge in [0, 0.05) is 18.7 Å². The third-order valence-electron chi connectivity index (χ3n) is 4.55. The normalized spacial score (nSPS) is 21.8.